The normalized spacial score (nSPS) is 11.9. The average Bonchev–Trinajstić information content (AvgIpc) is 2.69. The van der Waals surface area contributed by atoms with Crippen molar-refractivity contribution in [2.24, 2.45) is 0 Å². The molecular formula is C10H14N2O5. The van der Waals surface area contributed by atoms with Gasteiger partial charge in [-0.05, 0) is 19.1 Å². The molecule has 0 aliphatic rings. The van der Waals surface area contributed by atoms with Crippen LogP contribution in [0.2, 0.25) is 0 Å². The van der Waals surface area contributed by atoms with Gasteiger partial charge >= 0.3 is 12.0 Å². The molecule has 1 unspecified atom stereocenters. The number of aliphatic hydroxyl groups excluding tert-OH is 1. The van der Waals surface area contributed by atoms with Gasteiger partial charge in [-0.15, -0.1) is 0 Å². The number of nitrogens with one attached hydrogen (secondary N) is 2. The van der Waals surface area contributed by atoms with Crippen LogP contribution in [0.15, 0.2) is 16.5 Å². The van der Waals surface area contributed by atoms with E-state index in [-0.39, 0.29) is 13.1 Å². The first kappa shape index (κ1) is 13.0. The van der Waals surface area contributed by atoms with E-state index in [1.807, 2.05) is 0 Å². The molecule has 0 bridgehead atoms. The summed E-state index contributed by atoms with van der Waals surface area (Å²) in [6.07, 6.45) is -1.60. The van der Waals surface area contributed by atoms with Crippen molar-refractivity contribution in [3.05, 3.63) is 23.7 Å². The maximum Gasteiger partial charge on any atom is 0.334 e. The summed E-state index contributed by atoms with van der Waals surface area (Å²) in [4.78, 5) is 21.4. The van der Waals surface area contributed by atoms with E-state index in [4.69, 9.17) is 14.6 Å². The summed E-state index contributed by atoms with van der Waals surface area (Å²) in [6, 6.07) is 2.92. The smallest absolute Gasteiger partial charge is 0.334 e. The highest BCUT2D eigenvalue weighted by Gasteiger charge is 2.13. The monoisotopic (exact) mass is 242 g/mol. The Hall–Kier alpha value is -2.02. The van der Waals surface area contributed by atoms with Crippen molar-refractivity contribution >= 4 is 12.0 Å². The second kappa shape index (κ2) is 5.90. The van der Waals surface area contributed by atoms with Crippen LogP contribution in [0.4, 0.5) is 4.79 Å². The molecule has 1 aromatic heterocycles. The van der Waals surface area contributed by atoms with Gasteiger partial charge in [0.05, 0.1) is 13.1 Å². The molecule has 0 saturated carbocycles. The predicted octanol–water partition coefficient (Wildman–Crippen LogP) is -0.167. The minimum Gasteiger partial charge on any atom is -0.479 e. The zero-order chi connectivity index (χ0) is 12.8. The third kappa shape index (κ3) is 4.56. The Bertz CT molecular complexity index is 401. The summed E-state index contributed by atoms with van der Waals surface area (Å²) < 4.78 is 5.21. The Labute approximate surface area is 97.4 Å². The van der Waals surface area contributed by atoms with Crippen LogP contribution < -0.4 is 10.6 Å². The molecule has 0 saturated heterocycles. The Morgan fingerprint density at radius 3 is 2.65 bits per heavy atom. The molecular weight excluding hydrogens is 228 g/mol. The fraction of sp³-hybridized carbons (Fsp3) is 0.400. The van der Waals surface area contributed by atoms with Gasteiger partial charge in [-0.2, -0.15) is 0 Å². The summed E-state index contributed by atoms with van der Waals surface area (Å²) >= 11 is 0. The molecule has 7 heteroatoms. The lowest BCUT2D eigenvalue weighted by Crippen LogP contribution is -2.41. The molecule has 1 atom stereocenters. The van der Waals surface area contributed by atoms with Gasteiger partial charge in [0.25, 0.3) is 0 Å². The van der Waals surface area contributed by atoms with E-state index < -0.39 is 18.1 Å². The van der Waals surface area contributed by atoms with Crippen molar-refractivity contribution in [3.63, 3.8) is 0 Å². The van der Waals surface area contributed by atoms with E-state index in [1.54, 1.807) is 19.1 Å². The predicted molar refractivity (Wildman–Crippen MR) is 57.3 cm³/mol. The van der Waals surface area contributed by atoms with Gasteiger partial charge in [-0.25, -0.2) is 9.59 Å². The second-order valence-corrected chi connectivity index (χ2v) is 3.43. The average molecular weight is 242 g/mol. The molecule has 2 amide bonds. The number of carboxylic acids is 1. The van der Waals surface area contributed by atoms with Crippen molar-refractivity contribution in [3.8, 4) is 0 Å². The van der Waals surface area contributed by atoms with Crippen molar-refractivity contribution < 1.29 is 24.2 Å². The first-order chi connectivity index (χ1) is 7.99. The van der Waals surface area contributed by atoms with Crippen LogP contribution in [0.5, 0.6) is 0 Å². The van der Waals surface area contributed by atoms with E-state index in [9.17, 15) is 9.59 Å². The minimum atomic E-state index is -1.60. The second-order valence-electron chi connectivity index (χ2n) is 3.43. The number of aliphatic hydroxyl groups is 1. The number of furan rings is 1. The fourth-order valence-corrected chi connectivity index (χ4v) is 1.09. The van der Waals surface area contributed by atoms with Crippen LogP contribution in [0, 0.1) is 6.92 Å². The molecule has 0 spiro atoms. The lowest BCUT2D eigenvalue weighted by Gasteiger charge is -2.08. The lowest BCUT2D eigenvalue weighted by atomic mass is 10.3. The first-order valence-electron chi connectivity index (χ1n) is 4.97. The minimum absolute atomic E-state index is 0.197. The Kier molecular flexibility index (Phi) is 4.53. The van der Waals surface area contributed by atoms with Crippen LogP contribution in [-0.2, 0) is 11.3 Å². The molecule has 4 N–H and O–H groups in total. The highest BCUT2D eigenvalue weighted by atomic mass is 16.4. The largest absolute Gasteiger partial charge is 0.479 e. The molecule has 0 aliphatic carbocycles. The van der Waals surface area contributed by atoms with Crippen LogP contribution in [-0.4, -0.2) is 34.9 Å². The Morgan fingerprint density at radius 2 is 2.12 bits per heavy atom. The van der Waals surface area contributed by atoms with Crippen LogP contribution in [0.3, 0.4) is 0 Å². The van der Waals surface area contributed by atoms with Crippen molar-refractivity contribution in [1.29, 1.82) is 0 Å². The summed E-state index contributed by atoms with van der Waals surface area (Å²) in [5.41, 5.74) is 0. The highest BCUT2D eigenvalue weighted by Crippen LogP contribution is 2.04. The number of carbonyl (C=O) groups excluding carboxylic acids is 1. The number of hydrogen-bond donors (Lipinski definition) is 4. The summed E-state index contributed by atoms with van der Waals surface area (Å²) in [5.74, 6) is -0.0492. The molecule has 17 heavy (non-hydrogen) atoms. The third-order valence-electron chi connectivity index (χ3n) is 1.96. The van der Waals surface area contributed by atoms with Crippen LogP contribution >= 0.6 is 0 Å². The highest BCUT2D eigenvalue weighted by molar-refractivity contribution is 5.76. The maximum atomic E-state index is 11.2. The first-order valence-corrected chi connectivity index (χ1v) is 4.97. The number of urea groups is 1. The van der Waals surface area contributed by atoms with Gasteiger partial charge in [0.1, 0.15) is 11.5 Å². The van der Waals surface area contributed by atoms with Gasteiger partial charge in [0, 0.05) is 0 Å². The van der Waals surface area contributed by atoms with Crippen molar-refractivity contribution in [2.45, 2.75) is 19.6 Å². The number of carbonyl (C=O) groups is 2. The van der Waals surface area contributed by atoms with E-state index in [0.29, 0.717) is 5.76 Å². The van der Waals surface area contributed by atoms with Crippen molar-refractivity contribution in [1.82, 2.24) is 10.6 Å². The summed E-state index contributed by atoms with van der Waals surface area (Å²) in [7, 11) is 0. The molecule has 1 heterocycles. The van der Waals surface area contributed by atoms with Crippen LogP contribution in [0.25, 0.3) is 0 Å². The number of amides is 2. The lowest BCUT2D eigenvalue weighted by molar-refractivity contribution is -0.146. The molecule has 0 fully saturated rings. The molecule has 94 valence electrons. The van der Waals surface area contributed by atoms with E-state index in [1.165, 1.54) is 0 Å². The SMILES string of the molecule is Cc1ccc(CNC(=O)NCC(O)C(=O)O)o1. The molecule has 7 nitrogen and oxygen atoms in total. The number of aliphatic carboxylic acids is 1. The van der Waals surface area contributed by atoms with Crippen molar-refractivity contribution in [2.75, 3.05) is 6.54 Å². The summed E-state index contributed by atoms with van der Waals surface area (Å²) in [5, 5.41) is 21.9. The van der Waals surface area contributed by atoms with Crippen LogP contribution in [0.1, 0.15) is 11.5 Å². The maximum absolute atomic E-state index is 11.2. The molecule has 0 radical (unpaired) electrons. The molecule has 0 aromatic carbocycles. The number of aryl methyl sites for hydroxylation is 1. The van der Waals surface area contributed by atoms with Gasteiger partial charge in [-0.3, -0.25) is 0 Å². The Morgan fingerprint density at radius 1 is 1.41 bits per heavy atom. The zero-order valence-electron chi connectivity index (χ0n) is 9.27. The topological polar surface area (TPSA) is 112 Å². The Balaban J connectivity index is 2.24. The number of carboxylic acid groups (broad SMARTS) is 1. The fourth-order valence-electron chi connectivity index (χ4n) is 1.09. The quantitative estimate of drug-likeness (QED) is 0.573. The standard InChI is InChI=1S/C10H14N2O5/c1-6-2-3-7(17-6)4-11-10(16)12-5-8(13)9(14)15/h2-3,8,13H,4-5H2,1H3,(H,14,15)(H2,11,12,16). The van der Waals surface area contributed by atoms with E-state index in [0.717, 1.165) is 5.76 Å². The molecule has 0 aliphatic heterocycles. The zero-order valence-corrected chi connectivity index (χ0v) is 9.27. The van der Waals surface area contributed by atoms with E-state index in [2.05, 4.69) is 10.6 Å². The van der Waals surface area contributed by atoms with Gasteiger partial charge in [0.15, 0.2) is 6.10 Å². The van der Waals surface area contributed by atoms with Gasteiger partial charge < -0.3 is 25.3 Å². The number of hydrogen-bond acceptors (Lipinski definition) is 4. The number of rotatable bonds is 5. The molecule has 1 rings (SSSR count). The van der Waals surface area contributed by atoms with Gasteiger partial charge in [-0.1, -0.05) is 0 Å². The third-order valence-corrected chi connectivity index (χ3v) is 1.96. The molecule has 1 aromatic rings. The van der Waals surface area contributed by atoms with Gasteiger partial charge in [0.2, 0.25) is 0 Å². The summed E-state index contributed by atoms with van der Waals surface area (Å²) in [6.45, 7) is 1.63. The van der Waals surface area contributed by atoms with E-state index >= 15 is 0 Å².